The van der Waals surface area contributed by atoms with Crippen molar-refractivity contribution in [3.8, 4) is 0 Å². The van der Waals surface area contributed by atoms with E-state index in [1.165, 1.54) is 0 Å². The number of rotatable bonds is 6. The van der Waals surface area contributed by atoms with Crippen molar-refractivity contribution < 1.29 is 14.3 Å². The molecule has 0 unspecified atom stereocenters. The van der Waals surface area contributed by atoms with E-state index in [1.807, 2.05) is 50.3 Å². The van der Waals surface area contributed by atoms with Crippen molar-refractivity contribution in [1.82, 2.24) is 0 Å². The Kier molecular flexibility index (Phi) is 7.93. The lowest BCUT2D eigenvalue weighted by atomic mass is 9.95. The van der Waals surface area contributed by atoms with Gasteiger partial charge < -0.3 is 9.47 Å². The summed E-state index contributed by atoms with van der Waals surface area (Å²) in [5, 5.41) is 0. The summed E-state index contributed by atoms with van der Waals surface area (Å²) in [6.07, 6.45) is 14.2. The molecule has 0 aromatic heterocycles. The van der Waals surface area contributed by atoms with Crippen molar-refractivity contribution in [2.24, 2.45) is 5.41 Å². The van der Waals surface area contributed by atoms with E-state index in [4.69, 9.17) is 9.47 Å². The summed E-state index contributed by atoms with van der Waals surface area (Å²) < 4.78 is 11.5. The molecule has 0 radical (unpaired) electrons. The molecular formula is C20H28O3. The van der Waals surface area contributed by atoms with Crippen LogP contribution in [0.15, 0.2) is 59.3 Å². The van der Waals surface area contributed by atoms with Gasteiger partial charge in [0, 0.05) is 5.41 Å². The van der Waals surface area contributed by atoms with Crippen LogP contribution in [0.1, 0.15) is 34.6 Å². The van der Waals surface area contributed by atoms with Gasteiger partial charge in [-0.3, -0.25) is 4.79 Å². The zero-order valence-electron chi connectivity index (χ0n) is 14.8. The third-order valence-electron chi connectivity index (χ3n) is 3.36. The molecular weight excluding hydrogens is 288 g/mol. The minimum atomic E-state index is -0.242. The molecule has 1 saturated heterocycles. The monoisotopic (exact) mass is 316 g/mol. The molecule has 0 aromatic carbocycles. The maximum Gasteiger partial charge on any atom is 0.179 e. The van der Waals surface area contributed by atoms with Gasteiger partial charge in [0.1, 0.15) is 6.29 Å². The van der Waals surface area contributed by atoms with Crippen LogP contribution in [0.25, 0.3) is 0 Å². The first-order chi connectivity index (χ1) is 10.8. The van der Waals surface area contributed by atoms with Crippen molar-refractivity contribution in [1.29, 1.82) is 0 Å². The zero-order valence-corrected chi connectivity index (χ0v) is 14.8. The molecule has 0 N–H and O–H groups in total. The van der Waals surface area contributed by atoms with Crippen LogP contribution in [0, 0.1) is 5.41 Å². The highest BCUT2D eigenvalue weighted by atomic mass is 16.7. The molecule has 0 saturated carbocycles. The third kappa shape index (κ3) is 7.91. The second-order valence-electron chi connectivity index (χ2n) is 6.71. The highest BCUT2D eigenvalue weighted by molar-refractivity contribution is 5.72. The summed E-state index contributed by atoms with van der Waals surface area (Å²) >= 11 is 0. The van der Waals surface area contributed by atoms with Crippen LogP contribution in [-0.4, -0.2) is 25.8 Å². The minimum Gasteiger partial charge on any atom is -0.348 e. The van der Waals surface area contributed by atoms with E-state index in [0.29, 0.717) is 18.8 Å². The van der Waals surface area contributed by atoms with Crippen molar-refractivity contribution in [2.75, 3.05) is 13.2 Å². The van der Waals surface area contributed by atoms with Crippen LogP contribution in [0.4, 0.5) is 0 Å². The Morgan fingerprint density at radius 2 is 1.48 bits per heavy atom. The maximum absolute atomic E-state index is 10.5. The van der Waals surface area contributed by atoms with Gasteiger partial charge in [0.05, 0.1) is 13.2 Å². The van der Waals surface area contributed by atoms with Gasteiger partial charge in [-0.15, -0.1) is 0 Å². The zero-order chi connectivity index (χ0) is 17.3. The number of hydrogen-bond donors (Lipinski definition) is 0. The van der Waals surface area contributed by atoms with E-state index in [2.05, 4.69) is 13.8 Å². The van der Waals surface area contributed by atoms with Crippen LogP contribution in [0.3, 0.4) is 0 Å². The average Bonchev–Trinajstić information content (AvgIpc) is 2.51. The smallest absolute Gasteiger partial charge is 0.179 e. The lowest BCUT2D eigenvalue weighted by Gasteiger charge is -2.34. The fourth-order valence-electron chi connectivity index (χ4n) is 1.89. The Morgan fingerprint density at radius 3 is 2.09 bits per heavy atom. The topological polar surface area (TPSA) is 35.5 Å². The molecule has 0 bridgehead atoms. The van der Waals surface area contributed by atoms with Gasteiger partial charge >= 0.3 is 0 Å². The summed E-state index contributed by atoms with van der Waals surface area (Å²) in [6.45, 7) is 11.5. The van der Waals surface area contributed by atoms with Gasteiger partial charge in [0.15, 0.2) is 6.29 Å². The fraction of sp³-hybridized carbons (Fsp3) is 0.450. The van der Waals surface area contributed by atoms with Crippen LogP contribution in [0.2, 0.25) is 0 Å². The molecule has 1 aliphatic rings. The second-order valence-corrected chi connectivity index (χ2v) is 6.71. The minimum absolute atomic E-state index is 0.0927. The molecule has 1 aliphatic heterocycles. The maximum atomic E-state index is 10.5. The van der Waals surface area contributed by atoms with Crippen molar-refractivity contribution in [2.45, 2.75) is 40.9 Å². The van der Waals surface area contributed by atoms with Crippen LogP contribution in [0.5, 0.6) is 0 Å². The first kappa shape index (κ1) is 19.3. The molecule has 0 aliphatic carbocycles. The Morgan fingerprint density at radius 1 is 0.913 bits per heavy atom. The molecule has 3 nitrogen and oxygen atoms in total. The Balaban J connectivity index is 2.50. The molecule has 0 aromatic rings. The van der Waals surface area contributed by atoms with Gasteiger partial charge in [-0.05, 0) is 31.9 Å². The Labute approximate surface area is 140 Å². The second kappa shape index (κ2) is 9.43. The molecule has 1 rings (SSSR count). The Hall–Kier alpha value is -1.71. The van der Waals surface area contributed by atoms with E-state index in [1.54, 1.807) is 13.0 Å². The summed E-state index contributed by atoms with van der Waals surface area (Å²) in [4.78, 5) is 10.5. The van der Waals surface area contributed by atoms with Gasteiger partial charge in [0.25, 0.3) is 0 Å². The summed E-state index contributed by atoms with van der Waals surface area (Å²) in [6, 6.07) is 0. The largest absolute Gasteiger partial charge is 0.348 e. The van der Waals surface area contributed by atoms with Crippen molar-refractivity contribution >= 4 is 6.29 Å². The predicted molar refractivity (Wildman–Crippen MR) is 95.1 cm³/mol. The van der Waals surface area contributed by atoms with Gasteiger partial charge in [-0.2, -0.15) is 0 Å². The number of aldehydes is 1. The SMILES string of the molecule is CC(C=O)=CC=CC(C)=CC=CC=C(C)C1OCC(C)(C)CO1. The summed E-state index contributed by atoms with van der Waals surface area (Å²) in [7, 11) is 0. The highest BCUT2D eigenvalue weighted by Crippen LogP contribution is 2.25. The van der Waals surface area contributed by atoms with Crippen molar-refractivity contribution in [3.63, 3.8) is 0 Å². The third-order valence-corrected chi connectivity index (χ3v) is 3.36. The molecule has 3 heteroatoms. The Bertz CT molecular complexity index is 535. The van der Waals surface area contributed by atoms with Crippen LogP contribution >= 0.6 is 0 Å². The number of ether oxygens (including phenoxy) is 2. The molecule has 0 atom stereocenters. The van der Waals surface area contributed by atoms with E-state index < -0.39 is 0 Å². The van der Waals surface area contributed by atoms with Gasteiger partial charge in [-0.25, -0.2) is 0 Å². The molecule has 1 heterocycles. The number of hydrogen-bond acceptors (Lipinski definition) is 3. The first-order valence-electron chi connectivity index (χ1n) is 7.89. The highest BCUT2D eigenvalue weighted by Gasteiger charge is 2.28. The molecule has 1 fully saturated rings. The number of allylic oxidation sites excluding steroid dienone is 9. The lowest BCUT2D eigenvalue weighted by Crippen LogP contribution is -2.38. The van der Waals surface area contributed by atoms with E-state index in [0.717, 1.165) is 17.4 Å². The predicted octanol–water partition coefficient (Wildman–Crippen LogP) is 4.54. The molecule has 23 heavy (non-hydrogen) atoms. The molecule has 0 spiro atoms. The van der Waals surface area contributed by atoms with E-state index >= 15 is 0 Å². The standard InChI is InChI=1S/C20H28O3/c1-16(10-8-11-17(2)13-21)9-6-7-12-18(3)19-22-14-20(4,5)15-23-19/h6-13,19H,14-15H2,1-5H3. The quantitative estimate of drug-likeness (QED) is 0.410. The van der Waals surface area contributed by atoms with Crippen LogP contribution in [-0.2, 0) is 14.3 Å². The average molecular weight is 316 g/mol. The number of carbonyl (C=O) groups excluding carboxylic acids is 1. The first-order valence-corrected chi connectivity index (χ1v) is 7.89. The van der Waals surface area contributed by atoms with Gasteiger partial charge in [-0.1, -0.05) is 62.0 Å². The van der Waals surface area contributed by atoms with Gasteiger partial charge in [0.2, 0.25) is 0 Å². The van der Waals surface area contributed by atoms with E-state index in [9.17, 15) is 4.79 Å². The van der Waals surface area contributed by atoms with E-state index in [-0.39, 0.29) is 11.7 Å². The van der Waals surface area contributed by atoms with Crippen molar-refractivity contribution in [3.05, 3.63) is 59.3 Å². The summed E-state index contributed by atoms with van der Waals surface area (Å²) in [5.74, 6) is 0. The number of carbonyl (C=O) groups is 1. The normalized spacial score (nSPS) is 21.3. The van der Waals surface area contributed by atoms with Crippen LogP contribution < -0.4 is 0 Å². The summed E-state index contributed by atoms with van der Waals surface area (Å²) in [5.41, 5.74) is 2.96. The lowest BCUT2D eigenvalue weighted by molar-refractivity contribution is -0.202. The molecule has 126 valence electrons. The molecule has 0 amide bonds. The fourth-order valence-corrected chi connectivity index (χ4v) is 1.89.